The van der Waals surface area contributed by atoms with E-state index in [2.05, 4.69) is 27.7 Å². The van der Waals surface area contributed by atoms with Gasteiger partial charge in [0.2, 0.25) is 0 Å². The smallest absolute Gasteiger partial charge is 0.251 e. The molecule has 0 aliphatic carbocycles. The van der Waals surface area contributed by atoms with Gasteiger partial charge in [0.15, 0.2) is 0 Å². The van der Waals surface area contributed by atoms with Crippen LogP contribution in [0.2, 0.25) is 0 Å². The lowest BCUT2D eigenvalue weighted by Gasteiger charge is -2.09. The van der Waals surface area contributed by atoms with Crippen LogP contribution in [-0.2, 0) is 13.0 Å². The van der Waals surface area contributed by atoms with Crippen LogP contribution in [0.3, 0.4) is 0 Å². The number of amides is 1. The summed E-state index contributed by atoms with van der Waals surface area (Å²) < 4.78 is 1.77. The first-order chi connectivity index (χ1) is 10.2. The molecule has 0 aromatic carbocycles. The van der Waals surface area contributed by atoms with Gasteiger partial charge in [-0.2, -0.15) is 5.10 Å². The molecule has 0 unspecified atom stereocenters. The number of carbonyl (C=O) groups is 1. The summed E-state index contributed by atoms with van der Waals surface area (Å²) in [5.41, 5.74) is 3.90. The van der Waals surface area contributed by atoms with E-state index in [9.17, 15) is 4.79 Å². The fraction of sp³-hybridized carbons (Fsp3) is 0.357. The summed E-state index contributed by atoms with van der Waals surface area (Å²) in [6, 6.07) is 5.29. The number of hydrazine groups is 1. The molecule has 0 saturated heterocycles. The molecule has 7 nitrogen and oxygen atoms in total. The van der Waals surface area contributed by atoms with Crippen molar-refractivity contribution in [1.29, 1.82) is 0 Å². The van der Waals surface area contributed by atoms with Crippen molar-refractivity contribution in [3.63, 3.8) is 0 Å². The molecular weight excluding hydrogens is 268 g/mol. The van der Waals surface area contributed by atoms with Crippen LogP contribution in [0.5, 0.6) is 0 Å². The Morgan fingerprint density at radius 1 is 1.43 bits per heavy atom. The van der Waals surface area contributed by atoms with E-state index in [0.29, 0.717) is 24.5 Å². The zero-order valence-electron chi connectivity index (χ0n) is 12.0. The molecule has 0 fully saturated rings. The van der Waals surface area contributed by atoms with Gasteiger partial charge in [-0.25, -0.2) is 10.8 Å². The summed E-state index contributed by atoms with van der Waals surface area (Å²) in [6.07, 6.45) is 5.33. The van der Waals surface area contributed by atoms with Gasteiger partial charge in [-0.1, -0.05) is 13.3 Å². The zero-order chi connectivity index (χ0) is 15.1. The van der Waals surface area contributed by atoms with Crippen molar-refractivity contribution >= 4 is 11.7 Å². The van der Waals surface area contributed by atoms with Crippen LogP contribution < -0.4 is 16.6 Å². The van der Waals surface area contributed by atoms with Gasteiger partial charge in [0.25, 0.3) is 5.91 Å². The Bertz CT molecular complexity index is 581. The Morgan fingerprint density at radius 3 is 2.95 bits per heavy atom. The second-order valence-electron chi connectivity index (χ2n) is 4.65. The molecule has 21 heavy (non-hydrogen) atoms. The number of hydrogen-bond donors (Lipinski definition) is 3. The minimum Gasteiger partial charge on any atom is -0.350 e. The van der Waals surface area contributed by atoms with E-state index in [1.165, 1.54) is 0 Å². The number of nitrogens with one attached hydrogen (secondary N) is 2. The first-order valence-electron chi connectivity index (χ1n) is 6.96. The van der Waals surface area contributed by atoms with Gasteiger partial charge in [0, 0.05) is 30.2 Å². The molecule has 0 radical (unpaired) electrons. The molecule has 0 aliphatic heterocycles. The Hall–Kier alpha value is -2.41. The standard InChI is InChI=1S/C14H20N6O/c1-2-4-12-9-11(10-13(18-12)19-15)14(21)16-6-8-20-7-3-5-17-20/h3,5,7,9-10H,2,4,6,8,15H2,1H3,(H,16,21)(H,18,19). The van der Waals surface area contributed by atoms with Crippen molar-refractivity contribution in [3.8, 4) is 0 Å². The summed E-state index contributed by atoms with van der Waals surface area (Å²) in [5, 5.41) is 6.94. The van der Waals surface area contributed by atoms with E-state index in [1.807, 2.05) is 12.3 Å². The first-order valence-corrected chi connectivity index (χ1v) is 6.96. The highest BCUT2D eigenvalue weighted by atomic mass is 16.1. The van der Waals surface area contributed by atoms with Crippen LogP contribution in [0.25, 0.3) is 0 Å². The predicted octanol–water partition coefficient (Wildman–Crippen LogP) is 0.946. The monoisotopic (exact) mass is 288 g/mol. The highest BCUT2D eigenvalue weighted by molar-refractivity contribution is 5.94. The van der Waals surface area contributed by atoms with Crippen molar-refractivity contribution < 1.29 is 4.79 Å². The SMILES string of the molecule is CCCc1cc(C(=O)NCCn2cccn2)cc(NN)n1. The number of nitrogen functional groups attached to an aromatic ring is 1. The van der Waals surface area contributed by atoms with Crippen LogP contribution in [0.4, 0.5) is 5.82 Å². The minimum atomic E-state index is -0.140. The average molecular weight is 288 g/mol. The molecule has 2 aromatic rings. The summed E-state index contributed by atoms with van der Waals surface area (Å²) in [6.45, 7) is 3.21. The van der Waals surface area contributed by atoms with Crippen LogP contribution in [-0.4, -0.2) is 27.2 Å². The van der Waals surface area contributed by atoms with Crippen molar-refractivity contribution in [2.45, 2.75) is 26.3 Å². The maximum atomic E-state index is 12.2. The summed E-state index contributed by atoms with van der Waals surface area (Å²) in [4.78, 5) is 16.5. The van der Waals surface area contributed by atoms with Crippen molar-refractivity contribution in [2.24, 2.45) is 5.84 Å². The fourth-order valence-corrected chi connectivity index (χ4v) is 2.00. The number of pyridine rings is 1. The molecule has 0 saturated carbocycles. The topological polar surface area (TPSA) is 97.9 Å². The highest BCUT2D eigenvalue weighted by Crippen LogP contribution is 2.11. The van der Waals surface area contributed by atoms with Gasteiger partial charge in [0.05, 0.1) is 6.54 Å². The number of nitrogens with zero attached hydrogens (tertiary/aromatic N) is 3. The molecule has 0 aliphatic rings. The Kier molecular flexibility index (Phi) is 5.28. The molecule has 2 rings (SSSR count). The molecule has 2 heterocycles. The van der Waals surface area contributed by atoms with Gasteiger partial charge in [-0.3, -0.25) is 9.48 Å². The van der Waals surface area contributed by atoms with Gasteiger partial charge in [-0.05, 0) is 24.6 Å². The van der Waals surface area contributed by atoms with Crippen LogP contribution in [0, 0.1) is 0 Å². The molecule has 2 aromatic heterocycles. The van der Waals surface area contributed by atoms with Crippen LogP contribution in [0.1, 0.15) is 29.4 Å². The Morgan fingerprint density at radius 2 is 2.29 bits per heavy atom. The van der Waals surface area contributed by atoms with Gasteiger partial charge < -0.3 is 10.7 Å². The number of aryl methyl sites for hydroxylation is 1. The average Bonchev–Trinajstić information content (AvgIpc) is 3.00. The molecule has 112 valence electrons. The maximum absolute atomic E-state index is 12.2. The number of carbonyl (C=O) groups excluding carboxylic acids is 1. The third-order valence-electron chi connectivity index (χ3n) is 2.98. The molecule has 1 amide bonds. The van der Waals surface area contributed by atoms with Gasteiger partial charge >= 0.3 is 0 Å². The number of rotatable bonds is 7. The fourth-order valence-electron chi connectivity index (χ4n) is 2.00. The second-order valence-corrected chi connectivity index (χ2v) is 4.65. The zero-order valence-corrected chi connectivity index (χ0v) is 12.0. The van der Waals surface area contributed by atoms with Crippen LogP contribution >= 0.6 is 0 Å². The maximum Gasteiger partial charge on any atom is 0.251 e. The summed E-state index contributed by atoms with van der Waals surface area (Å²) in [5.74, 6) is 5.75. The van der Waals surface area contributed by atoms with E-state index >= 15 is 0 Å². The summed E-state index contributed by atoms with van der Waals surface area (Å²) in [7, 11) is 0. The quantitative estimate of drug-likeness (QED) is 0.520. The third-order valence-corrected chi connectivity index (χ3v) is 2.98. The van der Waals surface area contributed by atoms with E-state index in [4.69, 9.17) is 5.84 Å². The molecule has 0 bridgehead atoms. The van der Waals surface area contributed by atoms with Crippen LogP contribution in [0.15, 0.2) is 30.6 Å². The lowest BCUT2D eigenvalue weighted by atomic mass is 10.1. The minimum absolute atomic E-state index is 0.140. The third kappa shape index (κ3) is 4.28. The van der Waals surface area contributed by atoms with E-state index in [0.717, 1.165) is 18.5 Å². The van der Waals surface area contributed by atoms with Crippen molar-refractivity contribution in [2.75, 3.05) is 12.0 Å². The number of hydrogen-bond acceptors (Lipinski definition) is 5. The van der Waals surface area contributed by atoms with Crippen molar-refractivity contribution in [1.82, 2.24) is 20.1 Å². The predicted molar refractivity (Wildman–Crippen MR) is 80.6 cm³/mol. The Balaban J connectivity index is 1.98. The van der Waals surface area contributed by atoms with E-state index in [-0.39, 0.29) is 5.91 Å². The molecular formula is C14H20N6O. The molecule has 0 atom stereocenters. The highest BCUT2D eigenvalue weighted by Gasteiger charge is 2.09. The normalized spacial score (nSPS) is 10.4. The van der Waals surface area contributed by atoms with Crippen molar-refractivity contribution in [3.05, 3.63) is 41.9 Å². The van der Waals surface area contributed by atoms with E-state index < -0.39 is 0 Å². The van der Waals surface area contributed by atoms with Gasteiger partial charge in [-0.15, -0.1) is 0 Å². The first kappa shape index (κ1) is 15.0. The lowest BCUT2D eigenvalue weighted by molar-refractivity contribution is 0.0951. The summed E-state index contributed by atoms with van der Waals surface area (Å²) >= 11 is 0. The Labute approximate surface area is 123 Å². The number of anilines is 1. The second kappa shape index (κ2) is 7.39. The largest absolute Gasteiger partial charge is 0.350 e. The lowest BCUT2D eigenvalue weighted by Crippen LogP contribution is -2.27. The molecule has 0 spiro atoms. The van der Waals surface area contributed by atoms with Gasteiger partial charge in [0.1, 0.15) is 5.82 Å². The van der Waals surface area contributed by atoms with E-state index in [1.54, 1.807) is 23.0 Å². The number of nitrogens with two attached hydrogens (primary N) is 1. The number of aromatic nitrogens is 3. The molecule has 7 heteroatoms. The molecule has 4 N–H and O–H groups in total.